The SMILES string of the molecule is COC(=O)CC(Cc1ccc(C)cc1)NCCCO. The van der Waals surface area contributed by atoms with Gasteiger partial charge in [-0.1, -0.05) is 29.8 Å². The number of methoxy groups -OCH3 is 1. The van der Waals surface area contributed by atoms with E-state index in [1.54, 1.807) is 0 Å². The Labute approximate surface area is 114 Å². The Morgan fingerprint density at radius 3 is 2.63 bits per heavy atom. The Balaban J connectivity index is 2.56. The molecule has 19 heavy (non-hydrogen) atoms. The van der Waals surface area contributed by atoms with Crippen LogP contribution in [-0.4, -0.2) is 37.4 Å². The van der Waals surface area contributed by atoms with Crippen LogP contribution in [0.25, 0.3) is 0 Å². The van der Waals surface area contributed by atoms with E-state index < -0.39 is 0 Å². The summed E-state index contributed by atoms with van der Waals surface area (Å²) >= 11 is 0. The van der Waals surface area contributed by atoms with Gasteiger partial charge in [-0.15, -0.1) is 0 Å². The van der Waals surface area contributed by atoms with E-state index in [2.05, 4.69) is 36.5 Å². The van der Waals surface area contributed by atoms with E-state index in [1.807, 2.05) is 0 Å². The Hall–Kier alpha value is -1.39. The topological polar surface area (TPSA) is 58.6 Å². The fraction of sp³-hybridized carbons (Fsp3) is 0.533. The molecule has 0 aliphatic rings. The van der Waals surface area contributed by atoms with Crippen molar-refractivity contribution >= 4 is 5.97 Å². The van der Waals surface area contributed by atoms with Gasteiger partial charge in [-0.3, -0.25) is 4.79 Å². The number of carbonyl (C=O) groups excluding carboxylic acids is 1. The number of aliphatic hydroxyl groups is 1. The van der Waals surface area contributed by atoms with Gasteiger partial charge >= 0.3 is 5.97 Å². The maximum absolute atomic E-state index is 11.4. The van der Waals surface area contributed by atoms with Crippen molar-refractivity contribution in [2.75, 3.05) is 20.3 Å². The average molecular weight is 265 g/mol. The lowest BCUT2D eigenvalue weighted by Crippen LogP contribution is -2.34. The highest BCUT2D eigenvalue weighted by Crippen LogP contribution is 2.08. The van der Waals surface area contributed by atoms with Gasteiger partial charge in [-0.25, -0.2) is 0 Å². The van der Waals surface area contributed by atoms with Crippen LogP contribution >= 0.6 is 0 Å². The first-order valence-electron chi connectivity index (χ1n) is 6.62. The Kier molecular flexibility index (Phi) is 7.15. The predicted molar refractivity (Wildman–Crippen MR) is 75.0 cm³/mol. The molecule has 0 bridgehead atoms. The molecule has 0 saturated heterocycles. The average Bonchev–Trinajstić information content (AvgIpc) is 2.41. The zero-order chi connectivity index (χ0) is 14.1. The second-order valence-electron chi connectivity index (χ2n) is 4.70. The molecule has 0 aliphatic carbocycles. The molecule has 4 nitrogen and oxygen atoms in total. The van der Waals surface area contributed by atoms with Crippen LogP contribution in [0.3, 0.4) is 0 Å². The van der Waals surface area contributed by atoms with Gasteiger partial charge in [0.2, 0.25) is 0 Å². The van der Waals surface area contributed by atoms with Gasteiger partial charge < -0.3 is 15.2 Å². The first-order chi connectivity index (χ1) is 9.15. The van der Waals surface area contributed by atoms with Crippen molar-refractivity contribution in [1.29, 1.82) is 0 Å². The largest absolute Gasteiger partial charge is 0.469 e. The first-order valence-corrected chi connectivity index (χ1v) is 6.62. The van der Waals surface area contributed by atoms with E-state index in [-0.39, 0.29) is 18.6 Å². The third-order valence-electron chi connectivity index (χ3n) is 3.01. The zero-order valence-corrected chi connectivity index (χ0v) is 11.7. The van der Waals surface area contributed by atoms with E-state index in [1.165, 1.54) is 18.2 Å². The van der Waals surface area contributed by atoms with Crippen LogP contribution in [0.15, 0.2) is 24.3 Å². The van der Waals surface area contributed by atoms with Crippen molar-refractivity contribution in [3.05, 3.63) is 35.4 Å². The summed E-state index contributed by atoms with van der Waals surface area (Å²) in [4.78, 5) is 11.4. The lowest BCUT2D eigenvalue weighted by atomic mass is 10.0. The van der Waals surface area contributed by atoms with Crippen LogP contribution in [0.5, 0.6) is 0 Å². The van der Waals surface area contributed by atoms with E-state index in [0.717, 1.165) is 6.42 Å². The number of rotatable bonds is 8. The molecular formula is C15H23NO3. The van der Waals surface area contributed by atoms with Crippen LogP contribution in [0, 0.1) is 6.92 Å². The van der Waals surface area contributed by atoms with Crippen molar-refractivity contribution < 1.29 is 14.6 Å². The number of aliphatic hydroxyl groups excluding tert-OH is 1. The summed E-state index contributed by atoms with van der Waals surface area (Å²) in [6.07, 6.45) is 1.81. The molecule has 1 aromatic carbocycles. The second kappa shape index (κ2) is 8.67. The smallest absolute Gasteiger partial charge is 0.307 e. The quantitative estimate of drug-likeness (QED) is 0.551. The first kappa shape index (κ1) is 15.7. The summed E-state index contributed by atoms with van der Waals surface area (Å²) < 4.78 is 4.72. The molecule has 1 aromatic rings. The highest BCUT2D eigenvalue weighted by molar-refractivity contribution is 5.70. The Morgan fingerprint density at radius 1 is 1.37 bits per heavy atom. The Bertz CT molecular complexity index is 375. The molecule has 1 atom stereocenters. The molecule has 1 unspecified atom stereocenters. The molecule has 0 heterocycles. The van der Waals surface area contributed by atoms with Crippen LogP contribution in [-0.2, 0) is 16.0 Å². The lowest BCUT2D eigenvalue weighted by Gasteiger charge is -2.17. The van der Waals surface area contributed by atoms with Gasteiger partial charge in [0.25, 0.3) is 0 Å². The van der Waals surface area contributed by atoms with Gasteiger partial charge in [0.05, 0.1) is 13.5 Å². The number of ether oxygens (including phenoxy) is 1. The monoisotopic (exact) mass is 265 g/mol. The number of aryl methyl sites for hydroxylation is 1. The van der Waals surface area contributed by atoms with Gasteiger partial charge in [0, 0.05) is 12.6 Å². The zero-order valence-electron chi connectivity index (χ0n) is 11.7. The Morgan fingerprint density at radius 2 is 2.05 bits per heavy atom. The molecule has 0 aliphatic heterocycles. The predicted octanol–water partition coefficient (Wildman–Crippen LogP) is 1.44. The normalized spacial score (nSPS) is 12.2. The van der Waals surface area contributed by atoms with E-state index in [9.17, 15) is 4.79 Å². The lowest BCUT2D eigenvalue weighted by molar-refractivity contribution is -0.141. The van der Waals surface area contributed by atoms with Crippen molar-refractivity contribution in [1.82, 2.24) is 5.32 Å². The van der Waals surface area contributed by atoms with E-state index in [4.69, 9.17) is 9.84 Å². The minimum atomic E-state index is -0.214. The minimum Gasteiger partial charge on any atom is -0.469 e. The fourth-order valence-electron chi connectivity index (χ4n) is 1.89. The molecule has 0 fully saturated rings. The van der Waals surface area contributed by atoms with Gasteiger partial charge in [0.15, 0.2) is 0 Å². The van der Waals surface area contributed by atoms with Crippen LogP contribution in [0.2, 0.25) is 0 Å². The third-order valence-corrected chi connectivity index (χ3v) is 3.01. The number of carbonyl (C=O) groups is 1. The molecule has 0 saturated carbocycles. The minimum absolute atomic E-state index is 0.0432. The molecule has 0 spiro atoms. The van der Waals surface area contributed by atoms with Gasteiger partial charge in [-0.05, 0) is 31.9 Å². The maximum Gasteiger partial charge on any atom is 0.307 e. The summed E-state index contributed by atoms with van der Waals surface area (Å²) in [6.45, 7) is 2.90. The van der Waals surface area contributed by atoms with Gasteiger partial charge in [-0.2, -0.15) is 0 Å². The van der Waals surface area contributed by atoms with Crippen molar-refractivity contribution in [3.8, 4) is 0 Å². The highest BCUT2D eigenvalue weighted by atomic mass is 16.5. The summed E-state index contributed by atoms with van der Waals surface area (Å²) in [5, 5.41) is 12.1. The summed E-state index contributed by atoms with van der Waals surface area (Å²) in [5.41, 5.74) is 2.41. The van der Waals surface area contributed by atoms with Crippen molar-refractivity contribution in [2.45, 2.75) is 32.2 Å². The summed E-state index contributed by atoms with van der Waals surface area (Å²) in [7, 11) is 1.40. The van der Waals surface area contributed by atoms with E-state index in [0.29, 0.717) is 19.4 Å². The molecule has 1 rings (SSSR count). The molecule has 0 radical (unpaired) electrons. The third kappa shape index (κ3) is 6.36. The van der Waals surface area contributed by atoms with Gasteiger partial charge in [0.1, 0.15) is 0 Å². The maximum atomic E-state index is 11.4. The molecular weight excluding hydrogens is 242 g/mol. The molecule has 2 N–H and O–H groups in total. The molecule has 0 amide bonds. The van der Waals surface area contributed by atoms with Crippen molar-refractivity contribution in [2.24, 2.45) is 0 Å². The number of esters is 1. The number of benzene rings is 1. The van der Waals surface area contributed by atoms with E-state index >= 15 is 0 Å². The summed E-state index contributed by atoms with van der Waals surface area (Å²) in [6, 6.07) is 8.33. The molecule has 106 valence electrons. The van der Waals surface area contributed by atoms with Crippen LogP contribution in [0.1, 0.15) is 24.0 Å². The van der Waals surface area contributed by atoms with Crippen molar-refractivity contribution in [3.63, 3.8) is 0 Å². The number of nitrogens with one attached hydrogen (secondary N) is 1. The number of hydrogen-bond donors (Lipinski definition) is 2. The molecule has 0 aromatic heterocycles. The fourth-order valence-corrected chi connectivity index (χ4v) is 1.89. The number of hydrogen-bond acceptors (Lipinski definition) is 4. The summed E-state index contributed by atoms with van der Waals surface area (Å²) in [5.74, 6) is -0.214. The molecule has 4 heteroatoms. The second-order valence-corrected chi connectivity index (χ2v) is 4.70. The van der Waals surface area contributed by atoms with Crippen LogP contribution < -0.4 is 5.32 Å². The standard InChI is InChI=1S/C15H23NO3/c1-12-4-6-13(7-5-12)10-14(11-15(18)19-2)16-8-3-9-17/h4-7,14,16-17H,3,8-11H2,1-2H3. The highest BCUT2D eigenvalue weighted by Gasteiger charge is 2.14. The van der Waals surface area contributed by atoms with Crippen LogP contribution in [0.4, 0.5) is 0 Å².